The maximum atomic E-state index is 12.8. The van der Waals surface area contributed by atoms with E-state index < -0.39 is 0 Å². The molecule has 3 rings (SSSR count). The number of pyridine rings is 1. The van der Waals surface area contributed by atoms with Crippen LogP contribution in [0.1, 0.15) is 26.2 Å². The number of ether oxygens (including phenoxy) is 1. The first kappa shape index (κ1) is 18.1. The first-order valence-corrected chi connectivity index (χ1v) is 9.42. The van der Waals surface area contributed by atoms with E-state index in [0.29, 0.717) is 5.92 Å². The molecule has 1 aromatic heterocycles. The van der Waals surface area contributed by atoms with E-state index in [-0.39, 0.29) is 18.1 Å². The van der Waals surface area contributed by atoms with Crippen molar-refractivity contribution in [2.75, 3.05) is 44.7 Å². The molecule has 25 heavy (non-hydrogen) atoms. The highest BCUT2D eigenvalue weighted by atomic mass is 16.5. The molecule has 0 bridgehead atoms. The van der Waals surface area contributed by atoms with E-state index in [2.05, 4.69) is 28.2 Å². The van der Waals surface area contributed by atoms with E-state index in [0.717, 1.165) is 57.8 Å². The molecule has 0 aromatic carbocycles. The zero-order chi connectivity index (χ0) is 17.6. The average molecular weight is 346 g/mol. The minimum Gasteiger partial charge on any atom is -0.380 e. The lowest BCUT2D eigenvalue weighted by Crippen LogP contribution is -2.47. The zero-order valence-electron chi connectivity index (χ0n) is 15.4. The monoisotopic (exact) mass is 346 g/mol. The molecular weight excluding hydrogens is 316 g/mol. The number of carbonyl (C=O) groups is 1. The highest BCUT2D eigenvalue weighted by molar-refractivity contribution is 5.82. The zero-order valence-corrected chi connectivity index (χ0v) is 15.4. The minimum absolute atomic E-state index is 0.0847. The van der Waals surface area contributed by atoms with Crippen LogP contribution in [0.5, 0.6) is 0 Å². The molecular formula is C19H30N4O2. The molecule has 0 spiro atoms. The normalized spacial score (nSPS) is 24.5. The van der Waals surface area contributed by atoms with Crippen molar-refractivity contribution in [3.63, 3.8) is 0 Å². The molecule has 0 radical (unpaired) electrons. The summed E-state index contributed by atoms with van der Waals surface area (Å²) < 4.78 is 5.36. The van der Waals surface area contributed by atoms with Crippen molar-refractivity contribution in [3.8, 4) is 0 Å². The standard InChI is InChI=1S/C19H30N4O2/c1-3-22(19(24)17-12-16(25-2)13-21-17)14-15-7-10-23(11-8-15)18-6-4-5-9-20-18/h4-6,9,15-17,21H,3,7-8,10-14H2,1-2H3/t16-,17+/m0/s1. The Balaban J connectivity index is 1.49. The van der Waals surface area contributed by atoms with Crippen LogP contribution in [0.3, 0.4) is 0 Å². The third-order valence-corrected chi connectivity index (χ3v) is 5.48. The van der Waals surface area contributed by atoms with Crippen molar-refractivity contribution < 1.29 is 9.53 Å². The number of likely N-dealkylation sites (N-methyl/N-ethyl adjacent to an activating group) is 1. The number of nitrogens with zero attached hydrogens (tertiary/aromatic N) is 3. The lowest BCUT2D eigenvalue weighted by atomic mass is 9.95. The van der Waals surface area contributed by atoms with Crippen molar-refractivity contribution in [1.29, 1.82) is 0 Å². The van der Waals surface area contributed by atoms with Crippen LogP contribution in [-0.2, 0) is 9.53 Å². The van der Waals surface area contributed by atoms with Gasteiger partial charge in [0.1, 0.15) is 5.82 Å². The van der Waals surface area contributed by atoms with Crippen LogP contribution >= 0.6 is 0 Å². The predicted molar refractivity (Wildman–Crippen MR) is 98.6 cm³/mol. The van der Waals surface area contributed by atoms with Gasteiger partial charge in [0.25, 0.3) is 0 Å². The van der Waals surface area contributed by atoms with Crippen LogP contribution in [0.15, 0.2) is 24.4 Å². The number of anilines is 1. The SMILES string of the molecule is CCN(CC1CCN(c2ccccn2)CC1)C(=O)[C@H]1C[C@H](OC)CN1. The number of rotatable bonds is 6. The smallest absolute Gasteiger partial charge is 0.239 e. The van der Waals surface area contributed by atoms with Crippen molar-refractivity contribution in [1.82, 2.24) is 15.2 Å². The second-order valence-corrected chi connectivity index (χ2v) is 7.05. The molecule has 1 aromatic rings. The maximum absolute atomic E-state index is 12.8. The molecule has 2 saturated heterocycles. The fraction of sp³-hybridized carbons (Fsp3) is 0.684. The van der Waals surface area contributed by atoms with Gasteiger partial charge in [0.15, 0.2) is 0 Å². The summed E-state index contributed by atoms with van der Waals surface area (Å²) in [5.74, 6) is 1.86. The van der Waals surface area contributed by atoms with Gasteiger partial charge < -0.3 is 19.9 Å². The number of hydrogen-bond donors (Lipinski definition) is 1. The van der Waals surface area contributed by atoms with Crippen molar-refractivity contribution in [2.24, 2.45) is 5.92 Å². The second kappa shape index (κ2) is 8.63. The summed E-state index contributed by atoms with van der Waals surface area (Å²) in [5, 5.41) is 3.31. The van der Waals surface area contributed by atoms with E-state index in [1.54, 1.807) is 7.11 Å². The Morgan fingerprint density at radius 2 is 2.20 bits per heavy atom. The van der Waals surface area contributed by atoms with Gasteiger partial charge in [-0.05, 0) is 44.2 Å². The Bertz CT molecular complexity index is 546. The first-order chi connectivity index (χ1) is 12.2. The van der Waals surface area contributed by atoms with Gasteiger partial charge in [0, 0.05) is 46.0 Å². The molecule has 138 valence electrons. The molecule has 2 fully saturated rings. The second-order valence-electron chi connectivity index (χ2n) is 7.05. The van der Waals surface area contributed by atoms with Gasteiger partial charge in [0.05, 0.1) is 12.1 Å². The highest BCUT2D eigenvalue weighted by Gasteiger charge is 2.33. The summed E-state index contributed by atoms with van der Waals surface area (Å²) in [4.78, 5) is 21.6. The number of piperidine rings is 1. The van der Waals surface area contributed by atoms with Gasteiger partial charge in [0.2, 0.25) is 5.91 Å². The predicted octanol–water partition coefficient (Wildman–Crippen LogP) is 1.52. The molecule has 6 nitrogen and oxygen atoms in total. The molecule has 0 saturated carbocycles. The quantitative estimate of drug-likeness (QED) is 0.846. The third-order valence-electron chi connectivity index (χ3n) is 5.48. The minimum atomic E-state index is -0.0847. The summed E-state index contributed by atoms with van der Waals surface area (Å²) in [7, 11) is 1.71. The van der Waals surface area contributed by atoms with Crippen LogP contribution in [0.2, 0.25) is 0 Å². The molecule has 2 aliphatic heterocycles. The molecule has 0 aliphatic carbocycles. The fourth-order valence-electron chi connectivity index (χ4n) is 3.86. The Labute approximate surface area is 150 Å². The molecule has 3 heterocycles. The Morgan fingerprint density at radius 1 is 1.40 bits per heavy atom. The van der Waals surface area contributed by atoms with Gasteiger partial charge >= 0.3 is 0 Å². The summed E-state index contributed by atoms with van der Waals surface area (Å²) in [6.45, 7) is 6.51. The number of amides is 1. The molecule has 1 N–H and O–H groups in total. The fourth-order valence-corrected chi connectivity index (χ4v) is 3.86. The number of nitrogens with one attached hydrogen (secondary N) is 1. The Morgan fingerprint density at radius 3 is 2.80 bits per heavy atom. The van der Waals surface area contributed by atoms with Crippen LogP contribution in [-0.4, -0.2) is 67.8 Å². The molecule has 1 amide bonds. The van der Waals surface area contributed by atoms with E-state index in [1.807, 2.05) is 23.2 Å². The van der Waals surface area contributed by atoms with Crippen LogP contribution in [0.4, 0.5) is 5.82 Å². The van der Waals surface area contributed by atoms with E-state index in [9.17, 15) is 4.79 Å². The van der Waals surface area contributed by atoms with Crippen LogP contribution < -0.4 is 10.2 Å². The molecule has 0 unspecified atom stereocenters. The van der Waals surface area contributed by atoms with Gasteiger partial charge in [-0.1, -0.05) is 6.07 Å². The maximum Gasteiger partial charge on any atom is 0.239 e. The van der Waals surface area contributed by atoms with Crippen LogP contribution in [0, 0.1) is 5.92 Å². The number of aromatic nitrogens is 1. The van der Waals surface area contributed by atoms with Crippen LogP contribution in [0.25, 0.3) is 0 Å². The lowest BCUT2D eigenvalue weighted by Gasteiger charge is -2.35. The number of methoxy groups -OCH3 is 1. The summed E-state index contributed by atoms with van der Waals surface area (Å²) >= 11 is 0. The van der Waals surface area contributed by atoms with Crippen molar-refractivity contribution in [2.45, 2.75) is 38.3 Å². The molecule has 2 aliphatic rings. The number of hydrogen-bond acceptors (Lipinski definition) is 5. The molecule has 6 heteroatoms. The largest absolute Gasteiger partial charge is 0.380 e. The van der Waals surface area contributed by atoms with E-state index in [4.69, 9.17) is 4.74 Å². The van der Waals surface area contributed by atoms with Crippen molar-refractivity contribution in [3.05, 3.63) is 24.4 Å². The molecule has 2 atom stereocenters. The van der Waals surface area contributed by atoms with Gasteiger partial charge in [-0.3, -0.25) is 4.79 Å². The third kappa shape index (κ3) is 4.50. The first-order valence-electron chi connectivity index (χ1n) is 9.42. The Kier molecular flexibility index (Phi) is 6.26. The van der Waals surface area contributed by atoms with Gasteiger partial charge in [-0.25, -0.2) is 4.98 Å². The summed E-state index contributed by atoms with van der Waals surface area (Å²) in [5.41, 5.74) is 0. The number of carbonyl (C=O) groups excluding carboxylic acids is 1. The average Bonchev–Trinajstić information content (AvgIpc) is 3.16. The Hall–Kier alpha value is -1.66. The summed E-state index contributed by atoms with van der Waals surface area (Å²) in [6, 6.07) is 5.97. The van der Waals surface area contributed by atoms with E-state index >= 15 is 0 Å². The van der Waals surface area contributed by atoms with Gasteiger partial charge in [-0.2, -0.15) is 0 Å². The highest BCUT2D eigenvalue weighted by Crippen LogP contribution is 2.23. The summed E-state index contributed by atoms with van der Waals surface area (Å²) in [6.07, 6.45) is 5.01. The topological polar surface area (TPSA) is 57.7 Å². The van der Waals surface area contributed by atoms with Crippen molar-refractivity contribution >= 4 is 11.7 Å². The van der Waals surface area contributed by atoms with E-state index in [1.165, 1.54) is 0 Å². The van der Waals surface area contributed by atoms with Gasteiger partial charge in [-0.15, -0.1) is 0 Å². The lowest BCUT2D eigenvalue weighted by molar-refractivity contribution is -0.133.